The standard InChI is InChI=1S/C20H25F3NSi/c1-24(14-25(2,3)4)13-16-7-5-6-8-18(16)19(24)15-9-11-17(12-10-15)20(21,22)23/h5-12,19H,13-14H2,1-4H3/q+1/t19-,24-/m1/s1. The number of benzene rings is 2. The Morgan fingerprint density at radius 3 is 2.16 bits per heavy atom. The quantitative estimate of drug-likeness (QED) is 0.489. The maximum absolute atomic E-state index is 12.9. The van der Waals surface area contributed by atoms with Gasteiger partial charge in [0, 0.05) is 16.7 Å². The first-order valence-electron chi connectivity index (χ1n) is 8.59. The third kappa shape index (κ3) is 3.67. The van der Waals surface area contributed by atoms with Gasteiger partial charge in [-0.1, -0.05) is 56.0 Å². The molecule has 2 aromatic rings. The number of hydrogen-bond donors (Lipinski definition) is 0. The molecule has 3 rings (SSSR count). The number of halogens is 3. The van der Waals surface area contributed by atoms with E-state index in [1.807, 2.05) is 12.1 Å². The first-order valence-corrected chi connectivity index (χ1v) is 12.3. The molecule has 0 saturated heterocycles. The van der Waals surface area contributed by atoms with Gasteiger partial charge in [0.25, 0.3) is 0 Å². The van der Waals surface area contributed by atoms with Crippen LogP contribution in [0, 0.1) is 0 Å². The summed E-state index contributed by atoms with van der Waals surface area (Å²) in [6.45, 7) is 7.99. The van der Waals surface area contributed by atoms with Crippen molar-refractivity contribution in [3.8, 4) is 0 Å². The molecule has 5 heteroatoms. The summed E-state index contributed by atoms with van der Waals surface area (Å²) in [4.78, 5) is 0. The fourth-order valence-corrected chi connectivity index (χ4v) is 6.85. The molecular formula is C20H25F3NSi+. The van der Waals surface area contributed by atoms with Crippen LogP contribution in [-0.4, -0.2) is 25.8 Å². The van der Waals surface area contributed by atoms with E-state index in [0.717, 1.165) is 22.8 Å². The van der Waals surface area contributed by atoms with E-state index in [-0.39, 0.29) is 6.04 Å². The predicted molar refractivity (Wildman–Crippen MR) is 97.8 cm³/mol. The minimum absolute atomic E-state index is 0.102. The van der Waals surface area contributed by atoms with Crippen molar-refractivity contribution < 1.29 is 17.7 Å². The number of hydrogen-bond acceptors (Lipinski definition) is 0. The maximum atomic E-state index is 12.9. The topological polar surface area (TPSA) is 0 Å². The van der Waals surface area contributed by atoms with Gasteiger partial charge < -0.3 is 4.48 Å². The van der Waals surface area contributed by atoms with E-state index in [4.69, 9.17) is 0 Å². The Hall–Kier alpha value is -1.59. The van der Waals surface area contributed by atoms with E-state index < -0.39 is 19.8 Å². The summed E-state index contributed by atoms with van der Waals surface area (Å²) in [6.07, 6.45) is -3.20. The molecule has 1 aliphatic rings. The van der Waals surface area contributed by atoms with E-state index in [1.54, 1.807) is 12.1 Å². The third-order valence-electron chi connectivity index (χ3n) is 4.89. The molecule has 1 nitrogen and oxygen atoms in total. The van der Waals surface area contributed by atoms with Crippen molar-refractivity contribution >= 4 is 8.07 Å². The molecule has 0 bridgehead atoms. The molecule has 2 aromatic carbocycles. The van der Waals surface area contributed by atoms with E-state index in [2.05, 4.69) is 38.8 Å². The zero-order valence-corrected chi connectivity index (χ0v) is 16.2. The van der Waals surface area contributed by atoms with Crippen molar-refractivity contribution in [3.05, 3.63) is 70.8 Å². The lowest BCUT2D eigenvalue weighted by Gasteiger charge is -2.40. The Morgan fingerprint density at radius 1 is 1.00 bits per heavy atom. The van der Waals surface area contributed by atoms with Crippen LogP contribution in [0.15, 0.2) is 48.5 Å². The van der Waals surface area contributed by atoms with E-state index in [9.17, 15) is 13.2 Å². The van der Waals surface area contributed by atoms with Crippen LogP contribution in [0.2, 0.25) is 19.6 Å². The highest BCUT2D eigenvalue weighted by Gasteiger charge is 2.45. The Kier molecular flexibility index (Phi) is 4.36. The van der Waals surface area contributed by atoms with Crippen molar-refractivity contribution in [2.75, 3.05) is 13.2 Å². The number of fused-ring (bicyclic) bond motifs is 1. The van der Waals surface area contributed by atoms with Crippen LogP contribution in [-0.2, 0) is 12.7 Å². The zero-order chi connectivity index (χ0) is 18.5. The predicted octanol–water partition coefficient (Wildman–Crippen LogP) is 5.63. The van der Waals surface area contributed by atoms with Gasteiger partial charge in [0.1, 0.15) is 20.7 Å². The number of quaternary nitrogens is 1. The Labute approximate surface area is 148 Å². The van der Waals surface area contributed by atoms with Crippen LogP contribution in [0.3, 0.4) is 0 Å². The van der Waals surface area contributed by atoms with Crippen LogP contribution in [0.1, 0.15) is 28.3 Å². The number of nitrogens with zero attached hydrogens (tertiary/aromatic N) is 1. The van der Waals surface area contributed by atoms with Gasteiger partial charge >= 0.3 is 6.18 Å². The number of rotatable bonds is 3. The van der Waals surface area contributed by atoms with Gasteiger partial charge in [0.2, 0.25) is 0 Å². The second kappa shape index (κ2) is 5.99. The normalized spacial score (nSPS) is 23.6. The van der Waals surface area contributed by atoms with E-state index in [1.165, 1.54) is 23.3 Å². The first-order chi connectivity index (χ1) is 11.5. The summed E-state index contributed by atoms with van der Waals surface area (Å²) in [5.41, 5.74) is 2.96. The SMILES string of the molecule is C[N@+]1(C[Si](C)(C)C)Cc2ccccc2[C@H]1c1ccc(C(F)(F)F)cc1. The van der Waals surface area contributed by atoms with Gasteiger partial charge in [-0.05, 0) is 12.1 Å². The van der Waals surface area contributed by atoms with Crippen molar-refractivity contribution in [3.63, 3.8) is 0 Å². The van der Waals surface area contributed by atoms with Crippen LogP contribution in [0.25, 0.3) is 0 Å². The molecule has 1 heterocycles. The number of alkyl halides is 3. The molecule has 134 valence electrons. The molecule has 0 N–H and O–H groups in total. The maximum Gasteiger partial charge on any atom is 0.416 e. The first kappa shape index (κ1) is 18.2. The molecule has 0 radical (unpaired) electrons. The van der Waals surface area contributed by atoms with Gasteiger partial charge in [-0.2, -0.15) is 13.2 Å². The summed E-state index contributed by atoms with van der Waals surface area (Å²) in [6, 6.07) is 14.2. The van der Waals surface area contributed by atoms with Gasteiger partial charge in [-0.3, -0.25) is 0 Å². The molecule has 0 spiro atoms. The third-order valence-corrected chi connectivity index (χ3v) is 6.56. The van der Waals surface area contributed by atoms with E-state index >= 15 is 0 Å². The highest BCUT2D eigenvalue weighted by Crippen LogP contribution is 2.44. The monoisotopic (exact) mass is 364 g/mol. The van der Waals surface area contributed by atoms with Crippen LogP contribution < -0.4 is 0 Å². The van der Waals surface area contributed by atoms with Gasteiger partial charge in [0.05, 0.1) is 18.8 Å². The lowest BCUT2D eigenvalue weighted by atomic mass is 9.96. The molecule has 0 aromatic heterocycles. The van der Waals surface area contributed by atoms with Gasteiger partial charge in [-0.15, -0.1) is 0 Å². The Morgan fingerprint density at radius 2 is 1.60 bits per heavy atom. The summed E-state index contributed by atoms with van der Waals surface area (Å²) in [5.74, 6) is 0. The minimum Gasteiger partial charge on any atom is -0.316 e. The lowest BCUT2D eigenvalue weighted by molar-refractivity contribution is -0.930. The van der Waals surface area contributed by atoms with Gasteiger partial charge in [0.15, 0.2) is 0 Å². The summed E-state index contributed by atoms with van der Waals surface area (Å²) >= 11 is 0. The van der Waals surface area contributed by atoms with Crippen LogP contribution >= 0.6 is 0 Å². The summed E-state index contributed by atoms with van der Waals surface area (Å²) in [7, 11) is 0.894. The molecule has 0 unspecified atom stereocenters. The lowest BCUT2D eigenvalue weighted by Crippen LogP contribution is -2.52. The van der Waals surface area contributed by atoms with Crippen molar-refractivity contribution in [1.29, 1.82) is 0 Å². The minimum atomic E-state index is -4.29. The zero-order valence-electron chi connectivity index (χ0n) is 15.2. The molecule has 0 saturated carbocycles. The molecule has 25 heavy (non-hydrogen) atoms. The second-order valence-electron chi connectivity index (χ2n) is 8.58. The van der Waals surface area contributed by atoms with Gasteiger partial charge in [-0.25, -0.2) is 0 Å². The molecule has 0 aliphatic carbocycles. The van der Waals surface area contributed by atoms with Crippen molar-refractivity contribution in [2.24, 2.45) is 0 Å². The average Bonchev–Trinajstić information content (AvgIpc) is 2.75. The molecule has 0 amide bonds. The van der Waals surface area contributed by atoms with Crippen molar-refractivity contribution in [2.45, 2.75) is 38.4 Å². The smallest absolute Gasteiger partial charge is 0.316 e. The fourth-order valence-electron chi connectivity index (χ4n) is 4.39. The highest BCUT2D eigenvalue weighted by molar-refractivity contribution is 6.76. The summed E-state index contributed by atoms with van der Waals surface area (Å²) < 4.78 is 39.6. The average molecular weight is 365 g/mol. The van der Waals surface area contributed by atoms with Crippen LogP contribution in [0.4, 0.5) is 13.2 Å². The Balaban J connectivity index is 2.06. The second-order valence-corrected chi connectivity index (χ2v) is 14.0. The Bertz CT molecular complexity index is 762. The fraction of sp³-hybridized carbons (Fsp3) is 0.400. The molecule has 1 aliphatic heterocycles. The molecular weight excluding hydrogens is 339 g/mol. The van der Waals surface area contributed by atoms with E-state index in [0.29, 0.717) is 0 Å². The largest absolute Gasteiger partial charge is 0.416 e. The van der Waals surface area contributed by atoms with Crippen molar-refractivity contribution in [1.82, 2.24) is 0 Å². The molecule has 2 atom stereocenters. The molecule has 0 fully saturated rings. The van der Waals surface area contributed by atoms with Crippen LogP contribution in [0.5, 0.6) is 0 Å². The highest BCUT2D eigenvalue weighted by atomic mass is 28.3. The summed E-state index contributed by atoms with van der Waals surface area (Å²) in [5, 5.41) is 0.